The number of carbonyl (C=O) groups excluding carboxylic acids is 12. The molecule has 6 aliphatic rings. The maximum atomic E-state index is 12.5. The number of nitrogens with zero attached hydrogens (tertiary/aromatic N) is 15. The SMILES string of the molecule is O=C(c1cccnc1)C1CCCN(C(=O)c2ccccc2)C1.O=C(c1ccncc1)C1CCCN(C(=O)c2ccccc2)C1.O=C(c1ccncn1)C1CCCN(C(=O)c2ccccc2)C1.O=C(c1cncnc1)C1CCCN(C(=O)c2ccccc2)C1.O=C(c1ncccn1)C1CCCN(C(=O)c2ccccc2)C1.O=C(c1nccs1)C1CCCN(C(=O)c2ccccc2)C1. The second-order valence-electron chi connectivity index (χ2n) is 32.5. The molecule has 6 saturated heterocycles. The lowest BCUT2D eigenvalue weighted by atomic mass is 9.90. The van der Waals surface area contributed by atoms with Gasteiger partial charge in [0, 0.05) is 226 Å². The molecule has 6 aliphatic heterocycles. The van der Waals surface area contributed by atoms with Crippen LogP contribution in [0, 0.1) is 35.5 Å². The highest BCUT2D eigenvalue weighted by molar-refractivity contribution is 7.11. The lowest BCUT2D eigenvalue weighted by Crippen LogP contribution is -2.42. The van der Waals surface area contributed by atoms with Crippen molar-refractivity contribution >= 4 is 81.5 Å². The highest BCUT2D eigenvalue weighted by Gasteiger charge is 2.37. The van der Waals surface area contributed by atoms with Crippen LogP contribution < -0.4 is 0 Å². The zero-order chi connectivity index (χ0) is 91.5. The molecule has 12 aromatic rings. The Labute approximate surface area is 764 Å². The van der Waals surface area contributed by atoms with Crippen LogP contribution in [0.2, 0.25) is 0 Å². The number of thiazole rings is 1. The van der Waals surface area contributed by atoms with Gasteiger partial charge in [0.1, 0.15) is 18.3 Å². The molecule has 12 heterocycles. The van der Waals surface area contributed by atoms with Gasteiger partial charge < -0.3 is 29.4 Å². The number of ketones is 6. The third-order valence-electron chi connectivity index (χ3n) is 23.6. The topological polar surface area (TPSA) is 340 Å². The molecule has 18 rings (SSSR count). The lowest BCUT2D eigenvalue weighted by Gasteiger charge is -2.32. The molecule has 6 unspecified atom stereocenters. The maximum Gasteiger partial charge on any atom is 0.253 e. The molecule has 131 heavy (non-hydrogen) atoms. The van der Waals surface area contributed by atoms with Gasteiger partial charge in [-0.1, -0.05) is 109 Å². The Morgan fingerprint density at radius 1 is 0.237 bits per heavy atom. The first-order valence-corrected chi connectivity index (χ1v) is 45.2. The fraction of sp³-hybridized carbons (Fsp3) is 0.291. The molecule has 0 saturated carbocycles. The fourth-order valence-corrected chi connectivity index (χ4v) is 17.4. The summed E-state index contributed by atoms with van der Waals surface area (Å²) in [6.45, 7) is 7.05. The van der Waals surface area contributed by atoms with Crippen molar-refractivity contribution in [3.8, 4) is 0 Å². The van der Waals surface area contributed by atoms with Crippen LogP contribution in [0.3, 0.4) is 0 Å². The largest absolute Gasteiger partial charge is 0.338 e. The van der Waals surface area contributed by atoms with Crippen molar-refractivity contribution in [1.29, 1.82) is 0 Å². The molecule has 0 aliphatic carbocycles. The number of rotatable bonds is 18. The van der Waals surface area contributed by atoms with E-state index in [-0.39, 0.29) is 111 Å². The molecular weight excluding hydrogens is 1670 g/mol. The Hall–Kier alpha value is -14.7. The number of carbonyl (C=O) groups is 12. The Balaban J connectivity index is 0.000000134. The summed E-state index contributed by atoms with van der Waals surface area (Å²) in [5.41, 5.74) is 6.27. The van der Waals surface area contributed by atoms with E-state index >= 15 is 0 Å². The summed E-state index contributed by atoms with van der Waals surface area (Å²) < 4.78 is 0. The molecule has 0 radical (unpaired) electrons. The molecule has 0 bridgehead atoms. The highest BCUT2D eigenvalue weighted by Crippen LogP contribution is 2.30. The quantitative estimate of drug-likeness (QED) is 0.0720. The van der Waals surface area contributed by atoms with E-state index < -0.39 is 0 Å². The Bertz CT molecular complexity index is 4770. The molecule has 6 amide bonds. The van der Waals surface area contributed by atoms with Crippen LogP contribution >= 0.6 is 11.3 Å². The van der Waals surface area contributed by atoms with E-state index in [1.807, 2.05) is 151 Å². The number of piperidine rings is 6. The number of hydrogen-bond acceptors (Lipinski definition) is 22. The number of hydrogen-bond donors (Lipinski definition) is 0. The summed E-state index contributed by atoms with van der Waals surface area (Å²) in [6, 6.07) is 65.6. The Morgan fingerprint density at radius 3 is 0.878 bits per heavy atom. The molecule has 0 N–H and O–H groups in total. The van der Waals surface area contributed by atoms with E-state index in [9.17, 15) is 57.5 Å². The van der Waals surface area contributed by atoms with Crippen LogP contribution in [0.15, 0.2) is 298 Å². The number of aromatic nitrogens is 9. The lowest BCUT2D eigenvalue weighted by molar-refractivity contribution is 0.0621. The standard InChI is InChI=1S/2C18H18N2O2.3C17H17N3O2.C16H16N2O2S/c21-17(15-8-4-10-19-12-15)16-9-5-11-20(13-16)18(22)14-6-2-1-3-7-14;21-17(14-8-10-19-11-9-14)16-7-4-12-20(13-16)18(22)15-5-2-1-3-6-15;21-15(16-18-9-5-10-19-16)14-8-4-11-20(12-14)17(22)13-6-2-1-3-7-13;21-16(15-8-9-18-12-19-15)14-7-4-10-20(11-14)17(22)13-5-2-1-3-6-13;21-16(15-9-18-12-19-10-15)14-7-4-8-20(11-14)17(22)13-5-2-1-3-6-13;19-14(15-17-8-10-21-15)13-7-4-9-18(11-13)16(20)12-5-2-1-3-6-12/h1-4,6-8,10,12,16H,5,9,11,13H2;1-3,5-6,8-11,16H,4,7,12-13H2;1-3,5-7,9-10,14H,4,8,11-12H2;1-3,5-6,8-9,12,14H,4,7,10-11H2;1-3,5-6,9-10,12,14H,4,7-8,11H2;1-3,5-6,8,10,13H,4,7,9,11H2. The predicted molar refractivity (Wildman–Crippen MR) is 493 cm³/mol. The average molecular weight is 1780 g/mol. The smallest absolute Gasteiger partial charge is 0.253 e. The van der Waals surface area contributed by atoms with Crippen LogP contribution in [0.5, 0.6) is 0 Å². The van der Waals surface area contributed by atoms with Gasteiger partial charge in [0.15, 0.2) is 39.7 Å². The highest BCUT2D eigenvalue weighted by atomic mass is 32.1. The second-order valence-corrected chi connectivity index (χ2v) is 33.4. The average Bonchev–Trinajstić information content (AvgIpc) is 1.56. The van der Waals surface area contributed by atoms with Crippen molar-refractivity contribution in [3.05, 3.63) is 365 Å². The van der Waals surface area contributed by atoms with Gasteiger partial charge >= 0.3 is 0 Å². The number of benzene rings is 6. The molecular formula is C103H103N15O12S. The number of Topliss-reactive ketones (excluding diaryl/α,β-unsaturated/α-hetero) is 6. The molecule has 6 fully saturated rings. The summed E-state index contributed by atoms with van der Waals surface area (Å²) >= 11 is 1.37. The van der Waals surface area contributed by atoms with Crippen molar-refractivity contribution in [2.24, 2.45) is 35.5 Å². The summed E-state index contributed by atoms with van der Waals surface area (Å²) in [5.74, 6) is -0.562. The summed E-state index contributed by atoms with van der Waals surface area (Å²) in [6.07, 6.45) is 28.6. The minimum absolute atomic E-state index is 0.00397. The molecule has 0 spiro atoms. The van der Waals surface area contributed by atoms with E-state index in [1.54, 1.807) is 152 Å². The molecule has 668 valence electrons. The summed E-state index contributed by atoms with van der Waals surface area (Å²) in [4.78, 5) is 196. The van der Waals surface area contributed by atoms with Crippen LogP contribution in [-0.4, -0.2) is 223 Å². The van der Waals surface area contributed by atoms with Crippen molar-refractivity contribution < 1.29 is 57.5 Å². The molecule has 6 aromatic carbocycles. The van der Waals surface area contributed by atoms with E-state index in [2.05, 4.69) is 44.9 Å². The van der Waals surface area contributed by atoms with Crippen LogP contribution in [0.25, 0.3) is 0 Å². The third kappa shape index (κ3) is 26.5. The summed E-state index contributed by atoms with van der Waals surface area (Å²) in [7, 11) is 0. The van der Waals surface area contributed by atoms with Crippen LogP contribution in [0.4, 0.5) is 0 Å². The number of pyridine rings is 2. The Morgan fingerprint density at radius 2 is 0.550 bits per heavy atom. The van der Waals surface area contributed by atoms with Crippen molar-refractivity contribution in [1.82, 2.24) is 74.3 Å². The first-order chi connectivity index (χ1) is 64.0. The van der Waals surface area contributed by atoms with Gasteiger partial charge in [-0.2, -0.15) is 0 Å². The minimum Gasteiger partial charge on any atom is -0.338 e. The van der Waals surface area contributed by atoms with Crippen molar-refractivity contribution in [2.75, 3.05) is 78.5 Å². The second kappa shape index (κ2) is 48.5. The summed E-state index contributed by atoms with van der Waals surface area (Å²) in [5, 5.41) is 2.36. The first kappa shape index (κ1) is 94.0. The zero-order valence-corrected chi connectivity index (χ0v) is 73.6. The maximum absolute atomic E-state index is 12.5. The zero-order valence-electron chi connectivity index (χ0n) is 72.7. The van der Waals surface area contributed by atoms with Gasteiger partial charge in [0.05, 0.1) is 5.56 Å². The van der Waals surface area contributed by atoms with Gasteiger partial charge in [-0.3, -0.25) is 67.5 Å². The molecule has 27 nitrogen and oxygen atoms in total. The number of likely N-dealkylation sites (tertiary alicyclic amines) is 6. The van der Waals surface area contributed by atoms with Crippen LogP contribution in [-0.2, 0) is 0 Å². The minimum atomic E-state index is -0.219. The third-order valence-corrected chi connectivity index (χ3v) is 24.4. The molecule has 6 aromatic heterocycles. The van der Waals surface area contributed by atoms with Gasteiger partial charge in [0.2, 0.25) is 5.78 Å². The van der Waals surface area contributed by atoms with Crippen molar-refractivity contribution in [3.63, 3.8) is 0 Å². The molecule has 28 heteroatoms. The van der Waals surface area contributed by atoms with Gasteiger partial charge in [-0.15, -0.1) is 11.3 Å². The first-order valence-electron chi connectivity index (χ1n) is 44.3. The Kier molecular flexibility index (Phi) is 34.8. The fourth-order valence-electron chi connectivity index (χ4n) is 16.8. The van der Waals surface area contributed by atoms with Gasteiger partial charge in [0.25, 0.3) is 35.4 Å². The van der Waals surface area contributed by atoms with Gasteiger partial charge in [-0.25, -0.2) is 34.9 Å². The monoisotopic (exact) mass is 1770 g/mol. The van der Waals surface area contributed by atoms with E-state index in [1.165, 1.54) is 36.4 Å². The normalized spacial score (nSPS) is 18.1. The number of amides is 6. The van der Waals surface area contributed by atoms with Crippen molar-refractivity contribution in [2.45, 2.75) is 77.0 Å². The predicted octanol–water partition coefficient (Wildman–Crippen LogP) is 15.1. The van der Waals surface area contributed by atoms with E-state index in [0.717, 1.165) is 83.6 Å². The van der Waals surface area contributed by atoms with E-state index in [0.29, 0.717) is 133 Å². The van der Waals surface area contributed by atoms with Crippen LogP contribution in [0.1, 0.15) is 201 Å². The van der Waals surface area contributed by atoms with Gasteiger partial charge in [-0.05, 0) is 186 Å². The van der Waals surface area contributed by atoms with E-state index in [4.69, 9.17) is 0 Å². The molecule has 6 atom stereocenters.